The van der Waals surface area contributed by atoms with E-state index >= 15 is 0 Å². The number of benzene rings is 1. The molecule has 0 unspecified atom stereocenters. The standard InChI is InChI=1S/C12H14BrN3S/c1-8(2)11-14-12(16-15-11)17-7-9-4-3-5-10(13)6-9/h3-6,8H,7H2,1-2H3,(H,14,15,16). The first kappa shape index (κ1) is 12.6. The average Bonchev–Trinajstić information content (AvgIpc) is 2.75. The van der Waals surface area contributed by atoms with Gasteiger partial charge in [0.1, 0.15) is 5.82 Å². The number of nitrogens with zero attached hydrogens (tertiary/aromatic N) is 2. The molecule has 0 bridgehead atoms. The summed E-state index contributed by atoms with van der Waals surface area (Å²) in [7, 11) is 0. The first-order valence-electron chi connectivity index (χ1n) is 5.44. The molecule has 1 heterocycles. The molecule has 0 saturated carbocycles. The smallest absolute Gasteiger partial charge is 0.208 e. The minimum absolute atomic E-state index is 0.391. The second-order valence-corrected chi connectivity index (χ2v) is 5.93. The van der Waals surface area contributed by atoms with Gasteiger partial charge in [0.05, 0.1) is 0 Å². The highest BCUT2D eigenvalue weighted by Gasteiger charge is 2.07. The van der Waals surface area contributed by atoms with Crippen molar-refractivity contribution in [1.29, 1.82) is 0 Å². The predicted octanol–water partition coefficient (Wildman–Crippen LogP) is 3.98. The number of halogens is 1. The van der Waals surface area contributed by atoms with Crippen LogP contribution in [0.4, 0.5) is 0 Å². The first-order valence-corrected chi connectivity index (χ1v) is 7.22. The van der Waals surface area contributed by atoms with Gasteiger partial charge in [0.15, 0.2) is 0 Å². The normalized spacial score (nSPS) is 11.1. The number of thioether (sulfide) groups is 1. The van der Waals surface area contributed by atoms with Crippen LogP contribution in [0, 0.1) is 0 Å². The lowest BCUT2D eigenvalue weighted by molar-refractivity contribution is 0.780. The maximum absolute atomic E-state index is 4.43. The molecule has 17 heavy (non-hydrogen) atoms. The summed E-state index contributed by atoms with van der Waals surface area (Å²) >= 11 is 5.11. The van der Waals surface area contributed by atoms with Crippen molar-refractivity contribution in [2.75, 3.05) is 0 Å². The van der Waals surface area contributed by atoms with Crippen LogP contribution < -0.4 is 0 Å². The average molecular weight is 312 g/mol. The zero-order valence-corrected chi connectivity index (χ0v) is 12.2. The highest BCUT2D eigenvalue weighted by atomic mass is 79.9. The Kier molecular flexibility index (Phi) is 4.23. The van der Waals surface area contributed by atoms with Gasteiger partial charge in [-0.05, 0) is 17.7 Å². The van der Waals surface area contributed by atoms with E-state index in [1.54, 1.807) is 11.8 Å². The summed E-state index contributed by atoms with van der Waals surface area (Å²) in [5.74, 6) is 2.22. The van der Waals surface area contributed by atoms with Gasteiger partial charge in [0.25, 0.3) is 0 Å². The molecule has 1 aromatic carbocycles. The third-order valence-corrected chi connectivity index (χ3v) is 3.70. The molecule has 0 fully saturated rings. The van der Waals surface area contributed by atoms with Crippen molar-refractivity contribution < 1.29 is 0 Å². The summed E-state index contributed by atoms with van der Waals surface area (Å²) in [5, 5.41) is 7.97. The second kappa shape index (κ2) is 5.69. The van der Waals surface area contributed by atoms with E-state index in [4.69, 9.17) is 0 Å². The molecule has 2 rings (SSSR count). The Bertz CT molecular complexity index is 496. The van der Waals surface area contributed by atoms with E-state index in [9.17, 15) is 0 Å². The molecule has 0 aliphatic carbocycles. The molecular formula is C12H14BrN3S. The van der Waals surface area contributed by atoms with Crippen LogP contribution in [0.5, 0.6) is 0 Å². The van der Waals surface area contributed by atoms with Crippen LogP contribution in [0.3, 0.4) is 0 Å². The van der Waals surface area contributed by atoms with Crippen molar-refractivity contribution in [2.45, 2.75) is 30.7 Å². The quantitative estimate of drug-likeness (QED) is 0.868. The van der Waals surface area contributed by atoms with Crippen LogP contribution in [0.25, 0.3) is 0 Å². The number of hydrogen-bond acceptors (Lipinski definition) is 3. The lowest BCUT2D eigenvalue weighted by Crippen LogP contribution is -1.89. The Balaban J connectivity index is 1.97. The molecular weight excluding hydrogens is 298 g/mol. The van der Waals surface area contributed by atoms with Crippen LogP contribution in [0.15, 0.2) is 33.9 Å². The molecule has 2 aromatic rings. The zero-order chi connectivity index (χ0) is 12.3. The fraction of sp³-hybridized carbons (Fsp3) is 0.333. The molecule has 0 saturated heterocycles. The summed E-state index contributed by atoms with van der Waals surface area (Å²) in [5.41, 5.74) is 1.26. The van der Waals surface area contributed by atoms with Crippen molar-refractivity contribution in [3.05, 3.63) is 40.1 Å². The zero-order valence-electron chi connectivity index (χ0n) is 9.77. The summed E-state index contributed by atoms with van der Waals surface area (Å²) in [6.07, 6.45) is 0. The van der Waals surface area contributed by atoms with Gasteiger partial charge in [-0.25, -0.2) is 4.98 Å². The topological polar surface area (TPSA) is 41.6 Å². The van der Waals surface area contributed by atoms with Gasteiger partial charge in [0.2, 0.25) is 5.16 Å². The Morgan fingerprint density at radius 3 is 2.88 bits per heavy atom. The predicted molar refractivity (Wildman–Crippen MR) is 74.2 cm³/mol. The van der Waals surface area contributed by atoms with Crippen LogP contribution in [0.1, 0.15) is 31.2 Å². The number of nitrogens with one attached hydrogen (secondary N) is 1. The molecule has 0 amide bonds. The second-order valence-electron chi connectivity index (χ2n) is 4.08. The maximum Gasteiger partial charge on any atom is 0.208 e. The third-order valence-electron chi connectivity index (χ3n) is 2.29. The highest BCUT2D eigenvalue weighted by Crippen LogP contribution is 2.22. The van der Waals surface area contributed by atoms with Crippen molar-refractivity contribution in [2.24, 2.45) is 0 Å². The highest BCUT2D eigenvalue weighted by molar-refractivity contribution is 9.10. The molecule has 0 spiro atoms. The van der Waals surface area contributed by atoms with Crippen LogP contribution in [0.2, 0.25) is 0 Å². The number of hydrogen-bond donors (Lipinski definition) is 1. The number of rotatable bonds is 4. The lowest BCUT2D eigenvalue weighted by atomic mass is 10.2. The Labute approximate surface area is 114 Å². The fourth-order valence-electron chi connectivity index (χ4n) is 1.36. The Hall–Kier alpha value is -0.810. The molecule has 1 N–H and O–H groups in total. The van der Waals surface area contributed by atoms with Gasteiger partial charge in [-0.15, -0.1) is 5.10 Å². The van der Waals surface area contributed by atoms with Gasteiger partial charge < -0.3 is 0 Å². The van der Waals surface area contributed by atoms with Crippen molar-refractivity contribution in [3.8, 4) is 0 Å². The summed E-state index contributed by atoms with van der Waals surface area (Å²) in [6.45, 7) is 4.20. The molecule has 5 heteroatoms. The molecule has 0 radical (unpaired) electrons. The Morgan fingerprint density at radius 1 is 1.41 bits per heavy atom. The van der Waals surface area contributed by atoms with E-state index in [1.165, 1.54) is 5.56 Å². The molecule has 0 atom stereocenters. The van der Waals surface area contributed by atoms with E-state index < -0.39 is 0 Å². The van der Waals surface area contributed by atoms with E-state index in [1.807, 2.05) is 12.1 Å². The lowest BCUT2D eigenvalue weighted by Gasteiger charge is -1.99. The number of aromatic amines is 1. The maximum atomic E-state index is 4.43. The minimum Gasteiger partial charge on any atom is -0.262 e. The number of H-pyrrole nitrogens is 1. The molecule has 3 nitrogen and oxygen atoms in total. The summed E-state index contributed by atoms with van der Waals surface area (Å²) < 4.78 is 1.11. The van der Waals surface area contributed by atoms with Gasteiger partial charge >= 0.3 is 0 Å². The van der Waals surface area contributed by atoms with E-state index in [-0.39, 0.29) is 0 Å². The fourth-order valence-corrected chi connectivity index (χ4v) is 2.55. The van der Waals surface area contributed by atoms with Crippen molar-refractivity contribution in [1.82, 2.24) is 15.2 Å². The van der Waals surface area contributed by atoms with Crippen LogP contribution in [-0.4, -0.2) is 15.2 Å². The van der Waals surface area contributed by atoms with Gasteiger partial charge in [-0.2, -0.15) is 0 Å². The first-order chi connectivity index (χ1) is 8.15. The summed E-state index contributed by atoms with van der Waals surface area (Å²) in [6, 6.07) is 8.28. The monoisotopic (exact) mass is 311 g/mol. The SMILES string of the molecule is CC(C)c1nc(SCc2cccc(Br)c2)n[nH]1. The van der Waals surface area contributed by atoms with E-state index in [2.05, 4.69) is 57.1 Å². The van der Waals surface area contributed by atoms with Gasteiger partial charge in [-0.3, -0.25) is 5.10 Å². The van der Waals surface area contributed by atoms with E-state index in [0.717, 1.165) is 21.2 Å². The van der Waals surface area contributed by atoms with Crippen molar-refractivity contribution >= 4 is 27.7 Å². The number of aromatic nitrogens is 3. The van der Waals surface area contributed by atoms with Crippen molar-refractivity contribution in [3.63, 3.8) is 0 Å². The largest absolute Gasteiger partial charge is 0.262 e. The summed E-state index contributed by atoms with van der Waals surface area (Å²) in [4.78, 5) is 4.43. The molecule has 90 valence electrons. The minimum atomic E-state index is 0.391. The molecule has 0 aliphatic rings. The molecule has 1 aromatic heterocycles. The van der Waals surface area contributed by atoms with Gasteiger partial charge in [-0.1, -0.05) is 53.7 Å². The van der Waals surface area contributed by atoms with Gasteiger partial charge in [0, 0.05) is 16.1 Å². The molecule has 0 aliphatic heterocycles. The van der Waals surface area contributed by atoms with E-state index in [0.29, 0.717) is 5.92 Å². The van der Waals surface area contributed by atoms with Crippen LogP contribution in [-0.2, 0) is 5.75 Å². The third kappa shape index (κ3) is 3.57. The Morgan fingerprint density at radius 2 is 2.24 bits per heavy atom. The van der Waals surface area contributed by atoms with Crippen LogP contribution >= 0.6 is 27.7 Å².